The zero-order valence-electron chi connectivity index (χ0n) is 16.3. The van der Waals surface area contributed by atoms with Crippen molar-refractivity contribution < 1.29 is 13.9 Å². The average Bonchev–Trinajstić information content (AvgIpc) is 3.56. The molecule has 2 N–H and O–H groups in total. The quantitative estimate of drug-likeness (QED) is 0.767. The maximum atomic E-state index is 13.6. The minimum absolute atomic E-state index is 0.0863. The van der Waals surface area contributed by atoms with Crippen LogP contribution in [0.3, 0.4) is 0 Å². The summed E-state index contributed by atoms with van der Waals surface area (Å²) in [4.78, 5) is 12.4. The van der Waals surface area contributed by atoms with Gasteiger partial charge in [0.05, 0.1) is 5.56 Å². The zero-order valence-corrected chi connectivity index (χ0v) is 16.3. The van der Waals surface area contributed by atoms with Crippen LogP contribution >= 0.6 is 0 Å². The summed E-state index contributed by atoms with van der Waals surface area (Å²) in [6.45, 7) is 1.39. The Labute approximate surface area is 170 Å². The normalized spacial score (nSPS) is 21.1. The Balaban J connectivity index is 1.28. The highest BCUT2D eigenvalue weighted by atomic mass is 19.1. The summed E-state index contributed by atoms with van der Waals surface area (Å²) in [5.74, 6) is 5.76. The molecule has 2 atom stereocenters. The van der Waals surface area contributed by atoms with Gasteiger partial charge in [0.2, 0.25) is 0 Å². The number of nitrogens with one attached hydrogen (secondary N) is 2. The smallest absolute Gasteiger partial charge is 0.251 e. The first-order chi connectivity index (χ1) is 14.2. The molecule has 29 heavy (non-hydrogen) atoms. The van der Waals surface area contributed by atoms with E-state index in [9.17, 15) is 9.18 Å². The van der Waals surface area contributed by atoms with Crippen LogP contribution in [0.2, 0.25) is 0 Å². The van der Waals surface area contributed by atoms with Crippen molar-refractivity contribution in [1.29, 1.82) is 0 Å². The highest BCUT2D eigenvalue weighted by molar-refractivity contribution is 5.94. The van der Waals surface area contributed by atoms with Gasteiger partial charge in [-0.1, -0.05) is 24.0 Å². The molecule has 150 valence electrons. The van der Waals surface area contributed by atoms with E-state index in [4.69, 9.17) is 4.74 Å². The molecule has 2 unspecified atom stereocenters. The van der Waals surface area contributed by atoms with Gasteiger partial charge in [-0.2, -0.15) is 0 Å². The summed E-state index contributed by atoms with van der Waals surface area (Å²) in [6.07, 6.45) is 4.49. The summed E-state index contributed by atoms with van der Waals surface area (Å²) in [6, 6.07) is 14.1. The molecule has 2 fully saturated rings. The molecule has 0 spiro atoms. The molecule has 1 saturated heterocycles. The minimum atomic E-state index is -0.335. The van der Waals surface area contributed by atoms with E-state index in [-0.39, 0.29) is 18.0 Å². The average molecular weight is 392 g/mol. The van der Waals surface area contributed by atoms with Crippen LogP contribution in [0.1, 0.15) is 47.2 Å². The van der Waals surface area contributed by atoms with Crippen LogP contribution < -0.4 is 10.6 Å². The van der Waals surface area contributed by atoms with Gasteiger partial charge in [0.1, 0.15) is 12.0 Å². The fourth-order valence-electron chi connectivity index (χ4n) is 3.43. The van der Waals surface area contributed by atoms with Gasteiger partial charge in [0.25, 0.3) is 5.91 Å². The van der Waals surface area contributed by atoms with E-state index in [0.29, 0.717) is 29.6 Å². The summed E-state index contributed by atoms with van der Waals surface area (Å²) < 4.78 is 19.4. The molecule has 0 aromatic heterocycles. The van der Waals surface area contributed by atoms with Crippen LogP contribution in [0.25, 0.3) is 0 Å². The molecule has 1 aliphatic heterocycles. The molecule has 1 amide bonds. The van der Waals surface area contributed by atoms with Crippen molar-refractivity contribution in [1.82, 2.24) is 10.6 Å². The van der Waals surface area contributed by atoms with Gasteiger partial charge in [-0.05, 0) is 68.0 Å². The third kappa shape index (κ3) is 5.66. The predicted molar refractivity (Wildman–Crippen MR) is 110 cm³/mol. The number of rotatable bonds is 5. The first-order valence-electron chi connectivity index (χ1n) is 10.2. The molecular formula is C24H25FN2O2. The summed E-state index contributed by atoms with van der Waals surface area (Å²) in [7, 11) is 0. The van der Waals surface area contributed by atoms with Crippen molar-refractivity contribution in [3.8, 4) is 11.8 Å². The topological polar surface area (TPSA) is 50.4 Å². The summed E-state index contributed by atoms with van der Waals surface area (Å²) >= 11 is 0. The molecule has 4 rings (SSSR count). The van der Waals surface area contributed by atoms with E-state index in [2.05, 4.69) is 22.5 Å². The third-order valence-corrected chi connectivity index (χ3v) is 5.31. The van der Waals surface area contributed by atoms with Crippen molar-refractivity contribution in [2.45, 2.75) is 38.0 Å². The van der Waals surface area contributed by atoms with Crippen molar-refractivity contribution in [2.75, 3.05) is 13.2 Å². The maximum Gasteiger partial charge on any atom is 0.251 e. The van der Waals surface area contributed by atoms with Gasteiger partial charge in [0.15, 0.2) is 0 Å². The fourth-order valence-corrected chi connectivity index (χ4v) is 3.43. The van der Waals surface area contributed by atoms with Crippen molar-refractivity contribution >= 4 is 5.91 Å². The monoisotopic (exact) mass is 392 g/mol. The van der Waals surface area contributed by atoms with Gasteiger partial charge < -0.3 is 10.1 Å². The highest BCUT2D eigenvalue weighted by Crippen LogP contribution is 2.24. The zero-order chi connectivity index (χ0) is 20.1. The van der Waals surface area contributed by atoms with Crippen molar-refractivity contribution in [3.05, 3.63) is 71.0 Å². The molecule has 0 radical (unpaired) electrons. The molecule has 0 bridgehead atoms. The van der Waals surface area contributed by atoms with Crippen LogP contribution in [0.4, 0.5) is 4.39 Å². The number of hydrogen-bond donors (Lipinski definition) is 2. The molecule has 5 heteroatoms. The van der Waals surface area contributed by atoms with Crippen LogP contribution in [0, 0.1) is 23.6 Å². The van der Waals surface area contributed by atoms with Crippen molar-refractivity contribution in [2.24, 2.45) is 5.92 Å². The maximum absolute atomic E-state index is 13.6. The number of carbonyl (C=O) groups excluding carboxylic acids is 1. The summed E-state index contributed by atoms with van der Waals surface area (Å²) in [5, 5.41) is 6.54. The van der Waals surface area contributed by atoms with Gasteiger partial charge in [-0.15, -0.1) is 0 Å². The molecule has 1 heterocycles. The van der Waals surface area contributed by atoms with E-state index in [1.165, 1.54) is 18.9 Å². The lowest BCUT2D eigenvalue weighted by molar-refractivity contribution is -0.0286. The van der Waals surface area contributed by atoms with Crippen LogP contribution in [0.15, 0.2) is 48.5 Å². The van der Waals surface area contributed by atoms with Crippen LogP contribution in [0.5, 0.6) is 0 Å². The van der Waals surface area contributed by atoms with Gasteiger partial charge in [0, 0.05) is 30.3 Å². The van der Waals surface area contributed by atoms with Crippen molar-refractivity contribution in [3.63, 3.8) is 0 Å². The number of carbonyl (C=O) groups is 1. The van der Waals surface area contributed by atoms with Gasteiger partial charge in [-0.3, -0.25) is 10.1 Å². The second-order valence-corrected chi connectivity index (χ2v) is 7.71. The number of ether oxygens (including phenoxy) is 1. The predicted octanol–water partition coefficient (Wildman–Crippen LogP) is 3.46. The summed E-state index contributed by atoms with van der Waals surface area (Å²) in [5.41, 5.74) is 1.70. The van der Waals surface area contributed by atoms with E-state index >= 15 is 0 Å². The molecular weight excluding hydrogens is 367 g/mol. The number of amides is 1. The second kappa shape index (κ2) is 9.21. The first-order valence-corrected chi connectivity index (χ1v) is 10.2. The van der Waals surface area contributed by atoms with Crippen LogP contribution in [-0.2, 0) is 4.74 Å². The highest BCUT2D eigenvalue weighted by Gasteiger charge is 2.29. The Bertz CT molecular complexity index is 912. The molecule has 1 saturated carbocycles. The molecule has 2 aromatic carbocycles. The first kappa shape index (κ1) is 19.6. The van der Waals surface area contributed by atoms with E-state index < -0.39 is 0 Å². The number of halogens is 1. The van der Waals surface area contributed by atoms with Crippen LogP contribution in [-0.4, -0.2) is 31.3 Å². The van der Waals surface area contributed by atoms with E-state index in [0.717, 1.165) is 25.0 Å². The van der Waals surface area contributed by atoms with E-state index in [1.807, 2.05) is 0 Å². The van der Waals surface area contributed by atoms with E-state index in [1.54, 1.807) is 42.5 Å². The molecule has 2 aromatic rings. The Morgan fingerprint density at radius 1 is 1.07 bits per heavy atom. The largest absolute Gasteiger partial charge is 0.363 e. The molecule has 1 aliphatic carbocycles. The minimum Gasteiger partial charge on any atom is -0.363 e. The fraction of sp³-hybridized carbons (Fsp3) is 0.375. The standard InChI is InChI=1S/C24H25FN2O2/c25-22-4-2-1-3-19(22)8-5-17-6-9-20(10-7-17)24(28)26-16-18-13-14-29-23(15-18)27-21-11-12-21/h1-4,6-7,9-10,18,21,23,27H,11-16H2,(H,26,28). The third-order valence-electron chi connectivity index (χ3n) is 5.31. The van der Waals surface area contributed by atoms with Gasteiger partial charge in [-0.25, -0.2) is 4.39 Å². The number of hydrogen-bond acceptors (Lipinski definition) is 3. The second-order valence-electron chi connectivity index (χ2n) is 7.71. The SMILES string of the molecule is O=C(NCC1CCOC(NC2CC2)C1)c1ccc(C#Cc2ccccc2F)cc1. The Morgan fingerprint density at radius 3 is 2.62 bits per heavy atom. The lowest BCUT2D eigenvalue weighted by Crippen LogP contribution is -2.42. The number of benzene rings is 2. The lowest BCUT2D eigenvalue weighted by Gasteiger charge is -2.30. The molecule has 2 aliphatic rings. The molecule has 4 nitrogen and oxygen atoms in total. The van der Waals surface area contributed by atoms with Gasteiger partial charge >= 0.3 is 0 Å². The Kier molecular flexibility index (Phi) is 6.24. The Morgan fingerprint density at radius 2 is 1.86 bits per heavy atom. The lowest BCUT2D eigenvalue weighted by atomic mass is 9.98. The Hall–Kier alpha value is -2.68.